The van der Waals surface area contributed by atoms with E-state index in [1.165, 1.54) is 6.08 Å². The van der Waals surface area contributed by atoms with E-state index in [-0.39, 0.29) is 19.0 Å². The number of hydrogen-bond donors (Lipinski definition) is 1. The van der Waals surface area contributed by atoms with Gasteiger partial charge in [0.1, 0.15) is 18.2 Å². The highest BCUT2D eigenvalue weighted by atomic mass is 32.1. The number of fused-ring (bicyclic) bond motifs is 1. The van der Waals surface area contributed by atoms with Crippen LogP contribution in [0.25, 0.3) is 10.2 Å². The van der Waals surface area contributed by atoms with Gasteiger partial charge in [-0.15, -0.1) is 11.3 Å². The number of nitrogens with two attached hydrogens (primary N) is 1. The molecule has 2 rings (SSSR count). The van der Waals surface area contributed by atoms with Crippen LogP contribution in [0.5, 0.6) is 5.75 Å². The molecule has 0 aliphatic rings. The minimum absolute atomic E-state index is 0.0914. The van der Waals surface area contributed by atoms with E-state index in [0.717, 1.165) is 15.2 Å². The number of halogens is 1. The first-order valence-corrected chi connectivity index (χ1v) is 6.05. The number of nitrogens with zero attached hydrogens (tertiary/aromatic N) is 1. The van der Waals surface area contributed by atoms with Crippen molar-refractivity contribution in [1.29, 1.82) is 0 Å². The zero-order valence-corrected chi connectivity index (χ0v) is 10.3. The van der Waals surface area contributed by atoms with Gasteiger partial charge in [-0.3, -0.25) is 0 Å². The summed E-state index contributed by atoms with van der Waals surface area (Å²) in [6.45, 7) is 2.04. The lowest BCUT2D eigenvalue weighted by Crippen LogP contribution is -2.01. The highest BCUT2D eigenvalue weighted by Gasteiger charge is 2.03. The highest BCUT2D eigenvalue weighted by Crippen LogP contribution is 2.25. The van der Waals surface area contributed by atoms with E-state index in [2.05, 4.69) is 4.98 Å². The van der Waals surface area contributed by atoms with Gasteiger partial charge >= 0.3 is 0 Å². The van der Waals surface area contributed by atoms with Crippen LogP contribution in [0.1, 0.15) is 5.01 Å². The molecule has 0 aliphatic carbocycles. The summed E-state index contributed by atoms with van der Waals surface area (Å²) in [4.78, 5) is 4.35. The Balaban J connectivity index is 2.11. The van der Waals surface area contributed by atoms with Crippen LogP contribution in [0, 0.1) is 6.92 Å². The van der Waals surface area contributed by atoms with Crippen LogP contribution in [0.4, 0.5) is 4.39 Å². The molecule has 1 aromatic carbocycles. The SMILES string of the molecule is Cc1nc2cc(OC/C(F)=C\CN)ccc2s1. The summed E-state index contributed by atoms with van der Waals surface area (Å²) in [5.41, 5.74) is 6.08. The number of ether oxygens (including phenoxy) is 1. The summed E-state index contributed by atoms with van der Waals surface area (Å²) in [5, 5.41) is 1.01. The predicted octanol–water partition coefficient (Wildman–Crippen LogP) is 2.80. The van der Waals surface area contributed by atoms with Gasteiger partial charge < -0.3 is 10.5 Å². The van der Waals surface area contributed by atoms with Crippen LogP contribution in [0.15, 0.2) is 30.1 Å². The van der Waals surface area contributed by atoms with Crippen molar-refractivity contribution in [2.75, 3.05) is 13.2 Å². The molecule has 0 aliphatic heterocycles. The topological polar surface area (TPSA) is 48.1 Å². The van der Waals surface area contributed by atoms with E-state index in [4.69, 9.17) is 10.5 Å². The van der Waals surface area contributed by atoms with Crippen molar-refractivity contribution < 1.29 is 9.13 Å². The normalized spacial score (nSPS) is 12.1. The molecule has 17 heavy (non-hydrogen) atoms. The number of benzene rings is 1. The van der Waals surface area contributed by atoms with Crippen LogP contribution >= 0.6 is 11.3 Å². The molecule has 0 atom stereocenters. The molecule has 0 bridgehead atoms. The third-order valence-corrected chi connectivity index (χ3v) is 3.13. The second-order valence-corrected chi connectivity index (χ2v) is 4.77. The summed E-state index contributed by atoms with van der Waals surface area (Å²) in [7, 11) is 0. The van der Waals surface area contributed by atoms with Gasteiger partial charge in [0.15, 0.2) is 0 Å². The minimum Gasteiger partial charge on any atom is -0.486 e. The molecule has 2 N–H and O–H groups in total. The van der Waals surface area contributed by atoms with Crippen LogP contribution < -0.4 is 10.5 Å². The molecule has 5 heteroatoms. The molecule has 0 fully saturated rings. The Hall–Kier alpha value is -1.46. The zero-order chi connectivity index (χ0) is 12.3. The maximum absolute atomic E-state index is 13.0. The van der Waals surface area contributed by atoms with E-state index < -0.39 is 0 Å². The monoisotopic (exact) mass is 252 g/mol. The van der Waals surface area contributed by atoms with Crippen molar-refractivity contribution >= 4 is 21.6 Å². The van der Waals surface area contributed by atoms with E-state index in [1.54, 1.807) is 11.3 Å². The van der Waals surface area contributed by atoms with E-state index in [0.29, 0.717) is 5.75 Å². The Bertz CT molecular complexity index is 550. The third-order valence-electron chi connectivity index (χ3n) is 2.18. The predicted molar refractivity (Wildman–Crippen MR) is 68.1 cm³/mol. The fourth-order valence-corrected chi connectivity index (χ4v) is 2.26. The fourth-order valence-electron chi connectivity index (χ4n) is 1.45. The van der Waals surface area contributed by atoms with Gasteiger partial charge in [0, 0.05) is 12.6 Å². The van der Waals surface area contributed by atoms with Crippen molar-refractivity contribution in [3.05, 3.63) is 35.1 Å². The summed E-state index contributed by atoms with van der Waals surface area (Å²) >= 11 is 1.62. The molecule has 0 unspecified atom stereocenters. The van der Waals surface area contributed by atoms with Gasteiger partial charge in [-0.05, 0) is 25.1 Å². The van der Waals surface area contributed by atoms with E-state index >= 15 is 0 Å². The Morgan fingerprint density at radius 2 is 2.41 bits per heavy atom. The number of hydrogen-bond acceptors (Lipinski definition) is 4. The third kappa shape index (κ3) is 3.01. The second-order valence-electron chi connectivity index (χ2n) is 3.54. The van der Waals surface area contributed by atoms with Gasteiger partial charge in [-0.2, -0.15) is 0 Å². The number of rotatable bonds is 4. The Kier molecular flexibility index (Phi) is 3.71. The van der Waals surface area contributed by atoms with Gasteiger partial charge in [-0.25, -0.2) is 9.37 Å². The van der Waals surface area contributed by atoms with E-state index in [1.807, 2.05) is 25.1 Å². The van der Waals surface area contributed by atoms with Crippen LogP contribution in [0.2, 0.25) is 0 Å². The molecule has 1 heterocycles. The molecular formula is C12H13FN2OS. The number of thiazole rings is 1. The summed E-state index contributed by atoms with van der Waals surface area (Å²) in [5.74, 6) is 0.255. The van der Waals surface area contributed by atoms with Gasteiger partial charge in [0.25, 0.3) is 0 Å². The van der Waals surface area contributed by atoms with Gasteiger partial charge in [-0.1, -0.05) is 0 Å². The maximum atomic E-state index is 13.0. The fraction of sp³-hybridized carbons (Fsp3) is 0.250. The summed E-state index contributed by atoms with van der Waals surface area (Å²) in [6.07, 6.45) is 1.30. The van der Waals surface area contributed by atoms with Gasteiger partial charge in [0.05, 0.1) is 15.2 Å². The minimum atomic E-state index is -0.359. The van der Waals surface area contributed by atoms with Crippen LogP contribution in [0.3, 0.4) is 0 Å². The largest absolute Gasteiger partial charge is 0.486 e. The van der Waals surface area contributed by atoms with Crippen molar-refractivity contribution in [3.63, 3.8) is 0 Å². The smallest absolute Gasteiger partial charge is 0.139 e. The van der Waals surface area contributed by atoms with Crippen LogP contribution in [-0.2, 0) is 0 Å². The van der Waals surface area contributed by atoms with Crippen molar-refractivity contribution in [3.8, 4) is 5.75 Å². The van der Waals surface area contributed by atoms with E-state index in [9.17, 15) is 4.39 Å². The molecule has 0 amide bonds. The summed E-state index contributed by atoms with van der Waals surface area (Å²) in [6, 6.07) is 5.56. The molecule has 3 nitrogen and oxygen atoms in total. The summed E-state index contributed by atoms with van der Waals surface area (Å²) < 4.78 is 19.5. The molecule has 2 aromatic rings. The molecule has 0 radical (unpaired) electrons. The quantitative estimate of drug-likeness (QED) is 0.910. The molecular weight excluding hydrogens is 239 g/mol. The van der Waals surface area contributed by atoms with Crippen LogP contribution in [-0.4, -0.2) is 18.1 Å². The first-order chi connectivity index (χ1) is 8.19. The average Bonchev–Trinajstić information content (AvgIpc) is 2.66. The van der Waals surface area contributed by atoms with Crippen molar-refractivity contribution in [1.82, 2.24) is 4.98 Å². The first kappa shape index (κ1) is 12.0. The number of aromatic nitrogens is 1. The standard InChI is InChI=1S/C12H13FN2OS/c1-8-15-11-6-10(2-3-12(11)17-8)16-7-9(13)4-5-14/h2-4,6H,5,7,14H2,1H3/b9-4+. The second kappa shape index (κ2) is 5.25. The molecule has 0 saturated carbocycles. The highest BCUT2D eigenvalue weighted by molar-refractivity contribution is 7.18. The van der Waals surface area contributed by atoms with Gasteiger partial charge in [0.2, 0.25) is 0 Å². The first-order valence-electron chi connectivity index (χ1n) is 5.23. The Labute approximate surface area is 103 Å². The van der Waals surface area contributed by atoms with Crippen molar-refractivity contribution in [2.45, 2.75) is 6.92 Å². The number of aryl methyl sites for hydroxylation is 1. The lowest BCUT2D eigenvalue weighted by molar-refractivity contribution is 0.318. The molecule has 0 saturated heterocycles. The average molecular weight is 252 g/mol. The zero-order valence-electron chi connectivity index (χ0n) is 9.44. The maximum Gasteiger partial charge on any atom is 0.139 e. The Morgan fingerprint density at radius 3 is 3.18 bits per heavy atom. The lowest BCUT2D eigenvalue weighted by atomic mass is 10.3. The molecule has 90 valence electrons. The Morgan fingerprint density at radius 1 is 1.59 bits per heavy atom. The molecule has 1 aromatic heterocycles. The lowest BCUT2D eigenvalue weighted by Gasteiger charge is -2.03. The molecule has 0 spiro atoms. The van der Waals surface area contributed by atoms with Crippen molar-refractivity contribution in [2.24, 2.45) is 5.73 Å².